The maximum atomic E-state index is 11.9. The lowest BCUT2D eigenvalue weighted by Gasteiger charge is -2.33. The van der Waals surface area contributed by atoms with E-state index in [2.05, 4.69) is 12.2 Å². The summed E-state index contributed by atoms with van der Waals surface area (Å²) in [5.74, 6) is -0.638. The summed E-state index contributed by atoms with van der Waals surface area (Å²) in [4.78, 5) is 24.1. The second-order valence-electron chi connectivity index (χ2n) is 5.37. The van der Waals surface area contributed by atoms with Crippen LogP contribution in [0.5, 0.6) is 0 Å². The average molecular weight is 253 g/mol. The zero-order valence-electron chi connectivity index (χ0n) is 11.3. The molecule has 0 saturated carbocycles. The van der Waals surface area contributed by atoms with Crippen molar-refractivity contribution in [3.63, 3.8) is 0 Å². The van der Waals surface area contributed by atoms with E-state index in [1.54, 1.807) is 19.0 Å². The second-order valence-corrected chi connectivity index (χ2v) is 5.37. The molecular formula is C14H23NO3. The van der Waals surface area contributed by atoms with Gasteiger partial charge in [-0.1, -0.05) is 12.2 Å². The average Bonchev–Trinajstić information content (AvgIpc) is 2.29. The summed E-state index contributed by atoms with van der Waals surface area (Å²) in [5.41, 5.74) is -0.116. The Morgan fingerprint density at radius 1 is 1.39 bits per heavy atom. The molecule has 4 nitrogen and oxygen atoms in total. The van der Waals surface area contributed by atoms with E-state index in [-0.39, 0.29) is 17.7 Å². The number of nitrogens with zero attached hydrogens (tertiary/aromatic N) is 1. The molecule has 0 fully saturated rings. The molecule has 0 aromatic carbocycles. The first-order valence-corrected chi connectivity index (χ1v) is 6.55. The van der Waals surface area contributed by atoms with Crippen molar-refractivity contribution in [1.82, 2.24) is 4.90 Å². The topological polar surface area (TPSA) is 57.6 Å². The third-order valence-electron chi connectivity index (χ3n) is 3.58. The Kier molecular flexibility index (Phi) is 5.38. The minimum Gasteiger partial charge on any atom is -0.481 e. The Morgan fingerprint density at radius 2 is 2.11 bits per heavy atom. The molecule has 1 aliphatic carbocycles. The number of rotatable bonds is 6. The lowest BCUT2D eigenvalue weighted by atomic mass is 9.72. The molecule has 1 N–H and O–H groups in total. The van der Waals surface area contributed by atoms with Crippen molar-refractivity contribution < 1.29 is 14.7 Å². The molecule has 0 bridgehead atoms. The third kappa shape index (κ3) is 4.51. The molecule has 0 aromatic rings. The van der Waals surface area contributed by atoms with Crippen molar-refractivity contribution in [2.45, 2.75) is 44.9 Å². The Labute approximate surface area is 109 Å². The van der Waals surface area contributed by atoms with E-state index >= 15 is 0 Å². The van der Waals surface area contributed by atoms with Gasteiger partial charge in [0.25, 0.3) is 0 Å². The molecule has 0 radical (unpaired) electrons. The number of carboxylic acid groups (broad SMARTS) is 1. The van der Waals surface area contributed by atoms with Crippen molar-refractivity contribution in [3.8, 4) is 0 Å². The van der Waals surface area contributed by atoms with E-state index in [1.165, 1.54) is 0 Å². The fraction of sp³-hybridized carbons (Fsp3) is 0.714. The third-order valence-corrected chi connectivity index (χ3v) is 3.58. The number of carboxylic acids is 1. The molecule has 1 rings (SSSR count). The molecule has 0 heterocycles. The number of carbonyl (C=O) groups is 2. The van der Waals surface area contributed by atoms with Gasteiger partial charge in [-0.2, -0.15) is 0 Å². The number of carbonyl (C=O) groups excluding carboxylic acids is 1. The SMILES string of the molecule is CN(C)C(=O)C[C@@]1(CCCC(=O)O)C=CCCC1. The van der Waals surface area contributed by atoms with Crippen molar-refractivity contribution in [3.05, 3.63) is 12.2 Å². The van der Waals surface area contributed by atoms with E-state index in [1.807, 2.05) is 0 Å². The summed E-state index contributed by atoms with van der Waals surface area (Å²) < 4.78 is 0. The summed E-state index contributed by atoms with van der Waals surface area (Å²) in [6, 6.07) is 0. The highest BCUT2D eigenvalue weighted by molar-refractivity contribution is 5.76. The van der Waals surface area contributed by atoms with Crippen LogP contribution in [0.1, 0.15) is 44.9 Å². The number of hydrogen-bond donors (Lipinski definition) is 1. The van der Waals surface area contributed by atoms with Gasteiger partial charge in [-0.25, -0.2) is 0 Å². The lowest BCUT2D eigenvalue weighted by molar-refractivity contribution is -0.137. The summed E-state index contributed by atoms with van der Waals surface area (Å²) in [6.07, 6.45) is 9.52. The maximum absolute atomic E-state index is 11.9. The van der Waals surface area contributed by atoms with Crippen LogP contribution in [0.4, 0.5) is 0 Å². The molecule has 0 spiro atoms. The van der Waals surface area contributed by atoms with Crippen LogP contribution in [-0.4, -0.2) is 36.0 Å². The van der Waals surface area contributed by atoms with Gasteiger partial charge in [0.2, 0.25) is 5.91 Å². The zero-order chi connectivity index (χ0) is 13.6. The van der Waals surface area contributed by atoms with E-state index in [0.29, 0.717) is 12.8 Å². The predicted octanol–water partition coefficient (Wildman–Crippen LogP) is 2.45. The first-order chi connectivity index (χ1) is 8.45. The van der Waals surface area contributed by atoms with Crippen LogP contribution in [0.2, 0.25) is 0 Å². The lowest BCUT2D eigenvalue weighted by Crippen LogP contribution is -2.31. The monoisotopic (exact) mass is 253 g/mol. The molecule has 1 amide bonds. The van der Waals surface area contributed by atoms with Crippen molar-refractivity contribution in [2.75, 3.05) is 14.1 Å². The van der Waals surface area contributed by atoms with Crippen LogP contribution in [0.15, 0.2) is 12.2 Å². The van der Waals surface area contributed by atoms with Gasteiger partial charge in [0.05, 0.1) is 0 Å². The smallest absolute Gasteiger partial charge is 0.303 e. The first-order valence-electron chi connectivity index (χ1n) is 6.55. The number of amides is 1. The first kappa shape index (κ1) is 14.7. The summed E-state index contributed by atoms with van der Waals surface area (Å²) >= 11 is 0. The zero-order valence-corrected chi connectivity index (χ0v) is 11.3. The quantitative estimate of drug-likeness (QED) is 0.740. The standard InChI is InChI=1S/C14H23NO3/c1-15(2)12(16)11-14(8-4-3-5-9-14)10-6-7-13(17)18/h4,8H,3,5-7,9-11H2,1-2H3,(H,17,18)/t14-/m0/s1. The van der Waals surface area contributed by atoms with Crippen LogP contribution in [-0.2, 0) is 9.59 Å². The summed E-state index contributed by atoms with van der Waals surface area (Å²) in [7, 11) is 3.53. The Hall–Kier alpha value is -1.32. The fourth-order valence-electron chi connectivity index (χ4n) is 2.48. The maximum Gasteiger partial charge on any atom is 0.303 e. The number of allylic oxidation sites excluding steroid dienone is 2. The van der Waals surface area contributed by atoms with E-state index in [0.717, 1.165) is 25.7 Å². The van der Waals surface area contributed by atoms with E-state index in [9.17, 15) is 9.59 Å². The highest BCUT2D eigenvalue weighted by Gasteiger charge is 2.31. The van der Waals surface area contributed by atoms with E-state index < -0.39 is 5.97 Å². The van der Waals surface area contributed by atoms with Gasteiger partial charge in [-0.15, -0.1) is 0 Å². The van der Waals surface area contributed by atoms with Gasteiger partial charge in [0.15, 0.2) is 0 Å². The Balaban J connectivity index is 2.63. The van der Waals surface area contributed by atoms with E-state index in [4.69, 9.17) is 5.11 Å². The van der Waals surface area contributed by atoms with Gasteiger partial charge in [-0.05, 0) is 37.5 Å². The molecule has 1 aliphatic rings. The molecular weight excluding hydrogens is 230 g/mol. The normalized spacial score (nSPS) is 22.8. The van der Waals surface area contributed by atoms with Gasteiger partial charge in [0.1, 0.15) is 0 Å². The fourth-order valence-corrected chi connectivity index (χ4v) is 2.48. The molecule has 0 aromatic heterocycles. The molecule has 1 atom stereocenters. The van der Waals surface area contributed by atoms with Crippen molar-refractivity contribution in [1.29, 1.82) is 0 Å². The van der Waals surface area contributed by atoms with Crippen molar-refractivity contribution in [2.24, 2.45) is 5.41 Å². The van der Waals surface area contributed by atoms with Gasteiger partial charge < -0.3 is 10.0 Å². The van der Waals surface area contributed by atoms with Crippen LogP contribution >= 0.6 is 0 Å². The van der Waals surface area contributed by atoms with Crippen LogP contribution < -0.4 is 0 Å². The molecule has 0 aliphatic heterocycles. The molecule has 4 heteroatoms. The Morgan fingerprint density at radius 3 is 2.61 bits per heavy atom. The predicted molar refractivity (Wildman–Crippen MR) is 70.2 cm³/mol. The summed E-state index contributed by atoms with van der Waals surface area (Å²) in [5, 5.41) is 8.70. The van der Waals surface area contributed by atoms with Crippen LogP contribution in [0, 0.1) is 5.41 Å². The molecule has 18 heavy (non-hydrogen) atoms. The second kappa shape index (κ2) is 6.57. The van der Waals surface area contributed by atoms with Gasteiger partial charge >= 0.3 is 5.97 Å². The minimum absolute atomic E-state index is 0.116. The molecule has 102 valence electrons. The van der Waals surface area contributed by atoms with Crippen LogP contribution in [0.3, 0.4) is 0 Å². The van der Waals surface area contributed by atoms with Crippen molar-refractivity contribution >= 4 is 11.9 Å². The summed E-state index contributed by atoms with van der Waals surface area (Å²) in [6.45, 7) is 0. The van der Waals surface area contributed by atoms with Gasteiger partial charge in [0, 0.05) is 26.9 Å². The Bertz CT molecular complexity index is 336. The number of aliphatic carboxylic acids is 1. The molecule has 0 saturated heterocycles. The molecule has 0 unspecified atom stereocenters. The van der Waals surface area contributed by atoms with Crippen LogP contribution in [0.25, 0.3) is 0 Å². The highest BCUT2D eigenvalue weighted by Crippen LogP contribution is 2.39. The largest absolute Gasteiger partial charge is 0.481 e. The number of hydrogen-bond acceptors (Lipinski definition) is 2. The minimum atomic E-state index is -0.760. The highest BCUT2D eigenvalue weighted by atomic mass is 16.4. The van der Waals surface area contributed by atoms with Gasteiger partial charge in [-0.3, -0.25) is 9.59 Å².